The minimum Gasteiger partial charge on any atom is -0.378 e. The van der Waals surface area contributed by atoms with Gasteiger partial charge in [-0.25, -0.2) is 9.97 Å². The number of H-pyrrole nitrogens is 1. The Morgan fingerprint density at radius 3 is 2.71 bits per heavy atom. The van der Waals surface area contributed by atoms with Crippen molar-refractivity contribution in [3.05, 3.63) is 60.8 Å². The summed E-state index contributed by atoms with van der Waals surface area (Å²) in [5, 5.41) is 5.84. The molecular formula is C28H27N5O. The molecule has 3 aromatic heterocycles. The highest BCUT2D eigenvalue weighted by Crippen LogP contribution is 2.39. The number of ether oxygens (including phenoxy) is 1. The Hall–Kier alpha value is -3.64. The lowest BCUT2D eigenvalue weighted by atomic mass is 10.0. The molecule has 6 heteroatoms. The van der Waals surface area contributed by atoms with Crippen molar-refractivity contribution >= 4 is 44.3 Å². The van der Waals surface area contributed by atoms with E-state index in [0.29, 0.717) is 0 Å². The van der Waals surface area contributed by atoms with Crippen molar-refractivity contribution in [2.45, 2.75) is 12.8 Å². The fourth-order valence-electron chi connectivity index (χ4n) is 5.07. The van der Waals surface area contributed by atoms with Gasteiger partial charge in [-0.1, -0.05) is 24.3 Å². The van der Waals surface area contributed by atoms with E-state index in [-0.39, 0.29) is 0 Å². The molecule has 1 aliphatic carbocycles. The van der Waals surface area contributed by atoms with Crippen molar-refractivity contribution in [1.82, 2.24) is 15.0 Å². The molecule has 4 heterocycles. The van der Waals surface area contributed by atoms with Crippen molar-refractivity contribution in [3.63, 3.8) is 0 Å². The molecule has 34 heavy (non-hydrogen) atoms. The minimum atomic E-state index is 0.742. The van der Waals surface area contributed by atoms with Crippen LogP contribution in [0.5, 0.6) is 0 Å². The summed E-state index contributed by atoms with van der Waals surface area (Å²) in [6.07, 6.45) is 4.56. The Morgan fingerprint density at radius 2 is 1.82 bits per heavy atom. The highest BCUT2D eigenvalue weighted by atomic mass is 16.5. The Balaban J connectivity index is 1.40. The number of fused-ring (bicyclic) bond motifs is 4. The van der Waals surface area contributed by atoms with E-state index in [1.54, 1.807) is 0 Å². The fraction of sp³-hybridized carbons (Fsp3) is 0.286. The lowest BCUT2D eigenvalue weighted by molar-refractivity contribution is 0.123. The summed E-state index contributed by atoms with van der Waals surface area (Å²) in [6.45, 7) is 4.24. The van der Waals surface area contributed by atoms with Crippen LogP contribution in [0.2, 0.25) is 0 Å². The van der Waals surface area contributed by atoms with Crippen molar-refractivity contribution in [1.29, 1.82) is 0 Å². The number of benzene rings is 2. The van der Waals surface area contributed by atoms with Crippen LogP contribution in [0.3, 0.4) is 0 Å². The molecule has 2 aromatic carbocycles. The van der Waals surface area contributed by atoms with E-state index in [1.807, 2.05) is 6.20 Å². The minimum absolute atomic E-state index is 0.742. The van der Waals surface area contributed by atoms with Crippen LogP contribution < -0.4 is 10.2 Å². The van der Waals surface area contributed by atoms with Crippen LogP contribution in [-0.4, -0.2) is 47.8 Å². The van der Waals surface area contributed by atoms with Crippen LogP contribution in [0.1, 0.15) is 12.8 Å². The maximum atomic E-state index is 5.67. The smallest absolute Gasteiger partial charge is 0.126 e. The van der Waals surface area contributed by atoms with Gasteiger partial charge < -0.3 is 19.9 Å². The SMILES string of the molecule is c1ccc2c(c1)[nH]c1c(N3CCOCC3)c3cc(-c4ccnc(NCC5CC5)c4)ccc3nc12. The van der Waals surface area contributed by atoms with Gasteiger partial charge in [0.25, 0.3) is 0 Å². The monoisotopic (exact) mass is 449 g/mol. The number of pyridine rings is 2. The van der Waals surface area contributed by atoms with E-state index in [1.165, 1.54) is 40.4 Å². The van der Waals surface area contributed by atoms with Crippen LogP contribution in [-0.2, 0) is 4.74 Å². The van der Waals surface area contributed by atoms with Crippen LogP contribution in [0.15, 0.2) is 60.8 Å². The van der Waals surface area contributed by atoms with Crippen molar-refractivity contribution in [2.24, 2.45) is 5.92 Å². The van der Waals surface area contributed by atoms with Crippen molar-refractivity contribution in [3.8, 4) is 11.1 Å². The van der Waals surface area contributed by atoms with Gasteiger partial charge >= 0.3 is 0 Å². The molecule has 0 bridgehead atoms. The molecule has 2 N–H and O–H groups in total. The van der Waals surface area contributed by atoms with Crippen molar-refractivity contribution in [2.75, 3.05) is 43.1 Å². The molecule has 0 radical (unpaired) electrons. The average molecular weight is 450 g/mol. The van der Waals surface area contributed by atoms with E-state index in [4.69, 9.17) is 9.72 Å². The summed E-state index contributed by atoms with van der Waals surface area (Å²) in [7, 11) is 0. The van der Waals surface area contributed by atoms with Gasteiger partial charge in [-0.15, -0.1) is 0 Å². The first kappa shape index (κ1) is 19.8. The number of nitrogens with zero attached hydrogens (tertiary/aromatic N) is 3. The maximum Gasteiger partial charge on any atom is 0.126 e. The highest BCUT2D eigenvalue weighted by molar-refractivity contribution is 6.16. The van der Waals surface area contributed by atoms with Gasteiger partial charge in [0, 0.05) is 42.1 Å². The van der Waals surface area contributed by atoms with E-state index in [0.717, 1.165) is 66.7 Å². The largest absolute Gasteiger partial charge is 0.378 e. The van der Waals surface area contributed by atoms with Gasteiger partial charge in [-0.2, -0.15) is 0 Å². The topological polar surface area (TPSA) is 66.1 Å². The van der Waals surface area contributed by atoms with Gasteiger partial charge in [-0.05, 0) is 60.2 Å². The maximum absolute atomic E-state index is 5.67. The lowest BCUT2D eigenvalue weighted by Crippen LogP contribution is -2.36. The summed E-state index contributed by atoms with van der Waals surface area (Å²) in [4.78, 5) is 15.8. The van der Waals surface area contributed by atoms with Crippen molar-refractivity contribution < 1.29 is 4.74 Å². The molecule has 1 saturated carbocycles. The summed E-state index contributed by atoms with van der Waals surface area (Å²) in [6, 6.07) is 19.3. The van der Waals surface area contributed by atoms with Crippen LogP contribution in [0, 0.1) is 5.92 Å². The number of rotatable bonds is 5. The molecular weight excluding hydrogens is 422 g/mol. The van der Waals surface area contributed by atoms with Crippen LogP contribution in [0.25, 0.3) is 44.0 Å². The van der Waals surface area contributed by atoms with Crippen LogP contribution >= 0.6 is 0 Å². The predicted octanol–water partition coefficient (Wildman–Crippen LogP) is 5.59. The first-order valence-corrected chi connectivity index (χ1v) is 12.2. The van der Waals surface area contributed by atoms with E-state index >= 15 is 0 Å². The lowest BCUT2D eigenvalue weighted by Gasteiger charge is -2.30. The van der Waals surface area contributed by atoms with Gasteiger partial charge in [0.2, 0.25) is 0 Å². The quantitative estimate of drug-likeness (QED) is 0.366. The molecule has 2 aliphatic rings. The molecule has 0 amide bonds. The second kappa shape index (κ2) is 7.99. The van der Waals surface area contributed by atoms with Gasteiger partial charge in [-0.3, -0.25) is 0 Å². The molecule has 7 rings (SSSR count). The summed E-state index contributed by atoms with van der Waals surface area (Å²) in [5.74, 6) is 1.76. The third-order valence-corrected chi connectivity index (χ3v) is 7.09. The second-order valence-electron chi connectivity index (χ2n) is 9.44. The molecule has 2 fully saturated rings. The third-order valence-electron chi connectivity index (χ3n) is 7.09. The molecule has 1 saturated heterocycles. The molecule has 1 aliphatic heterocycles. The zero-order chi connectivity index (χ0) is 22.5. The predicted molar refractivity (Wildman–Crippen MR) is 139 cm³/mol. The Bertz CT molecular complexity index is 1510. The number of hydrogen-bond donors (Lipinski definition) is 2. The number of aromatic amines is 1. The molecule has 5 aromatic rings. The van der Waals surface area contributed by atoms with Gasteiger partial charge in [0.15, 0.2) is 0 Å². The number of anilines is 2. The highest BCUT2D eigenvalue weighted by Gasteiger charge is 2.22. The molecule has 0 unspecified atom stereocenters. The summed E-state index contributed by atoms with van der Waals surface area (Å²) in [5.41, 5.74) is 7.85. The average Bonchev–Trinajstić information content (AvgIpc) is 3.66. The number of morpholine rings is 1. The van der Waals surface area contributed by atoms with E-state index in [2.05, 4.69) is 74.8 Å². The standard InChI is InChI=1S/C28H27N5O/c1-2-4-23-21(3-1)26-27(32-23)28(33-11-13-34-14-12-33)22-15-19(7-8-24(22)31-26)20-9-10-29-25(16-20)30-17-18-5-6-18/h1-4,7-10,15-16,18,32H,5-6,11-14,17H2,(H,29,30). The third kappa shape index (κ3) is 3.46. The normalized spacial score (nSPS) is 16.5. The van der Waals surface area contributed by atoms with E-state index < -0.39 is 0 Å². The second-order valence-corrected chi connectivity index (χ2v) is 9.44. The zero-order valence-electron chi connectivity index (χ0n) is 19.1. The molecule has 6 nitrogen and oxygen atoms in total. The van der Waals surface area contributed by atoms with Gasteiger partial charge in [0.1, 0.15) is 5.82 Å². The Morgan fingerprint density at radius 1 is 0.971 bits per heavy atom. The molecule has 0 atom stereocenters. The number of nitrogens with one attached hydrogen (secondary N) is 2. The summed E-state index contributed by atoms with van der Waals surface area (Å²) >= 11 is 0. The number of para-hydroxylation sites is 1. The van der Waals surface area contributed by atoms with Gasteiger partial charge in [0.05, 0.1) is 35.5 Å². The zero-order valence-corrected chi connectivity index (χ0v) is 19.1. The first-order chi connectivity index (χ1) is 16.8. The molecule has 170 valence electrons. The van der Waals surface area contributed by atoms with Crippen LogP contribution in [0.4, 0.5) is 11.5 Å². The Kier molecular flexibility index (Phi) is 4.65. The summed E-state index contributed by atoms with van der Waals surface area (Å²) < 4.78 is 5.67. The Labute approximate surface area is 198 Å². The molecule has 0 spiro atoms. The fourth-order valence-corrected chi connectivity index (χ4v) is 5.07. The first-order valence-electron chi connectivity index (χ1n) is 12.2. The number of hydrogen-bond acceptors (Lipinski definition) is 5. The van der Waals surface area contributed by atoms with E-state index in [9.17, 15) is 0 Å². The number of aromatic nitrogens is 3.